The molecule has 0 aliphatic carbocycles. The molecule has 0 aliphatic heterocycles. The molecule has 0 fully saturated rings. The van der Waals surface area contributed by atoms with Gasteiger partial charge in [-0.2, -0.15) is 4.98 Å². The van der Waals surface area contributed by atoms with Crippen molar-refractivity contribution in [3.63, 3.8) is 0 Å². The molecule has 0 N–H and O–H groups in total. The van der Waals surface area contributed by atoms with Gasteiger partial charge in [-0.15, -0.1) is 10.2 Å². The van der Waals surface area contributed by atoms with Gasteiger partial charge in [-0.1, -0.05) is 53.5 Å². The van der Waals surface area contributed by atoms with Gasteiger partial charge in [0.1, 0.15) is 0 Å². The van der Waals surface area contributed by atoms with Crippen LogP contribution in [-0.2, 0) is 0 Å². The highest BCUT2D eigenvalue weighted by molar-refractivity contribution is 6.30. The van der Waals surface area contributed by atoms with Crippen molar-refractivity contribution < 1.29 is 4.42 Å². The first-order valence-electron chi connectivity index (χ1n) is 8.18. The number of hydrogen-bond donors (Lipinski definition) is 0. The molecule has 0 radical (unpaired) electrons. The topological polar surface area (TPSA) is 50.8 Å². The molecule has 4 rings (SSSR count). The zero-order valence-corrected chi connectivity index (χ0v) is 15.5. The molecule has 1 aromatic heterocycles. The van der Waals surface area contributed by atoms with Crippen LogP contribution in [-0.4, -0.2) is 4.98 Å². The van der Waals surface area contributed by atoms with Crippen LogP contribution in [0.4, 0.5) is 11.5 Å². The smallest absolute Gasteiger partial charge is 0.228 e. The van der Waals surface area contributed by atoms with Gasteiger partial charge in [-0.05, 0) is 48.5 Å². The predicted molar refractivity (Wildman–Crippen MR) is 108 cm³/mol. The minimum atomic E-state index is 0.404. The molecular weight excluding hydrogens is 381 g/mol. The number of benzene rings is 3. The van der Waals surface area contributed by atoms with E-state index in [1.165, 1.54) is 0 Å². The zero-order chi connectivity index (χ0) is 18.6. The molecule has 0 bridgehead atoms. The van der Waals surface area contributed by atoms with Gasteiger partial charge in [-0.3, -0.25) is 0 Å². The maximum Gasteiger partial charge on any atom is 0.228 e. The van der Waals surface area contributed by atoms with Gasteiger partial charge in [0, 0.05) is 21.2 Å². The van der Waals surface area contributed by atoms with E-state index in [0.717, 1.165) is 11.1 Å². The Labute approximate surface area is 166 Å². The molecule has 0 spiro atoms. The van der Waals surface area contributed by atoms with Gasteiger partial charge < -0.3 is 4.42 Å². The largest absolute Gasteiger partial charge is 0.434 e. The average molecular weight is 394 g/mol. The molecule has 1 heterocycles. The fourth-order valence-corrected chi connectivity index (χ4v) is 2.74. The van der Waals surface area contributed by atoms with Gasteiger partial charge in [0.25, 0.3) is 0 Å². The summed E-state index contributed by atoms with van der Waals surface area (Å²) >= 11 is 11.9. The number of halogens is 2. The van der Waals surface area contributed by atoms with Crippen LogP contribution in [0.5, 0.6) is 0 Å². The van der Waals surface area contributed by atoms with Gasteiger partial charge in [0.2, 0.25) is 11.7 Å². The van der Waals surface area contributed by atoms with Crippen molar-refractivity contribution in [2.45, 2.75) is 0 Å². The lowest BCUT2D eigenvalue weighted by Gasteiger charge is -1.97. The Hall–Kier alpha value is -2.95. The van der Waals surface area contributed by atoms with E-state index in [1.807, 2.05) is 42.5 Å². The minimum absolute atomic E-state index is 0.404. The molecule has 4 nitrogen and oxygen atoms in total. The first-order chi connectivity index (χ1) is 13.2. The standard InChI is InChI=1S/C21H13Cl2N3O/c22-16-8-6-15(7-9-16)21-24-20(19(27-21)14-4-2-1-3-5-14)26-25-18-12-10-17(23)11-13-18/h1-13H. The van der Waals surface area contributed by atoms with Crippen LogP contribution in [0, 0.1) is 0 Å². The summed E-state index contributed by atoms with van der Waals surface area (Å²) in [4.78, 5) is 4.52. The van der Waals surface area contributed by atoms with E-state index in [4.69, 9.17) is 27.6 Å². The van der Waals surface area contributed by atoms with Crippen molar-refractivity contribution in [1.82, 2.24) is 4.98 Å². The van der Waals surface area contributed by atoms with Crippen LogP contribution in [0.15, 0.2) is 93.5 Å². The lowest BCUT2D eigenvalue weighted by atomic mass is 10.2. The fraction of sp³-hybridized carbons (Fsp3) is 0. The van der Waals surface area contributed by atoms with Crippen molar-refractivity contribution in [3.8, 4) is 22.8 Å². The molecule has 0 aliphatic rings. The van der Waals surface area contributed by atoms with Gasteiger partial charge >= 0.3 is 0 Å². The highest BCUT2D eigenvalue weighted by atomic mass is 35.5. The summed E-state index contributed by atoms with van der Waals surface area (Å²) in [6, 6.07) is 24.0. The molecule has 27 heavy (non-hydrogen) atoms. The Bertz CT molecular complexity index is 1070. The van der Waals surface area contributed by atoms with Crippen molar-refractivity contribution in [2.24, 2.45) is 10.2 Å². The van der Waals surface area contributed by atoms with E-state index < -0.39 is 0 Å². The van der Waals surface area contributed by atoms with Crippen molar-refractivity contribution in [1.29, 1.82) is 0 Å². The normalized spacial score (nSPS) is 11.2. The Kier molecular flexibility index (Phi) is 5.01. The average Bonchev–Trinajstić information content (AvgIpc) is 3.13. The van der Waals surface area contributed by atoms with Crippen molar-refractivity contribution >= 4 is 34.7 Å². The Morgan fingerprint density at radius 1 is 0.667 bits per heavy atom. The van der Waals surface area contributed by atoms with Gasteiger partial charge in [-0.25, -0.2) is 0 Å². The van der Waals surface area contributed by atoms with Crippen LogP contribution in [0.3, 0.4) is 0 Å². The van der Waals surface area contributed by atoms with E-state index in [0.29, 0.717) is 33.2 Å². The number of rotatable bonds is 4. The lowest BCUT2D eigenvalue weighted by Crippen LogP contribution is -1.75. The second-order valence-electron chi connectivity index (χ2n) is 5.72. The summed E-state index contributed by atoms with van der Waals surface area (Å²) in [6.45, 7) is 0. The highest BCUT2D eigenvalue weighted by Gasteiger charge is 2.16. The molecule has 4 aromatic rings. The molecule has 6 heteroatoms. The summed E-state index contributed by atoms with van der Waals surface area (Å²) in [6.07, 6.45) is 0. The van der Waals surface area contributed by atoms with Crippen LogP contribution < -0.4 is 0 Å². The second kappa shape index (κ2) is 7.74. The van der Waals surface area contributed by atoms with Gasteiger partial charge in [0.05, 0.1) is 5.69 Å². The summed E-state index contributed by atoms with van der Waals surface area (Å²) in [5.41, 5.74) is 2.36. The Morgan fingerprint density at radius 2 is 1.30 bits per heavy atom. The predicted octanol–water partition coefficient (Wildman–Crippen LogP) is 7.73. The van der Waals surface area contributed by atoms with E-state index in [1.54, 1.807) is 36.4 Å². The maximum atomic E-state index is 6.01. The molecule has 0 unspecified atom stereocenters. The van der Waals surface area contributed by atoms with Crippen LogP contribution in [0.1, 0.15) is 0 Å². The molecule has 3 aromatic carbocycles. The zero-order valence-electron chi connectivity index (χ0n) is 14.0. The molecule has 0 atom stereocenters. The number of hydrogen-bond acceptors (Lipinski definition) is 4. The van der Waals surface area contributed by atoms with Crippen molar-refractivity contribution in [3.05, 3.63) is 88.9 Å². The van der Waals surface area contributed by atoms with E-state index >= 15 is 0 Å². The summed E-state index contributed by atoms with van der Waals surface area (Å²) in [7, 11) is 0. The SMILES string of the molecule is Clc1ccc(N=Nc2nc(-c3ccc(Cl)cc3)oc2-c2ccccc2)cc1. The molecule has 0 saturated heterocycles. The number of azo groups is 1. The van der Waals surface area contributed by atoms with E-state index in [2.05, 4.69) is 15.2 Å². The third-order valence-corrected chi connectivity index (χ3v) is 4.33. The number of aromatic nitrogens is 1. The number of oxazole rings is 1. The summed E-state index contributed by atoms with van der Waals surface area (Å²) in [5.74, 6) is 1.41. The van der Waals surface area contributed by atoms with E-state index in [-0.39, 0.29) is 0 Å². The highest BCUT2D eigenvalue weighted by Crippen LogP contribution is 2.36. The molecular formula is C21H13Cl2N3O. The quantitative estimate of drug-likeness (QED) is 0.333. The lowest BCUT2D eigenvalue weighted by molar-refractivity contribution is 0.589. The molecule has 132 valence electrons. The molecule has 0 saturated carbocycles. The minimum Gasteiger partial charge on any atom is -0.434 e. The maximum absolute atomic E-state index is 6.01. The first kappa shape index (κ1) is 17.5. The fourth-order valence-electron chi connectivity index (χ4n) is 2.49. The van der Waals surface area contributed by atoms with Crippen LogP contribution in [0.25, 0.3) is 22.8 Å². The first-order valence-corrected chi connectivity index (χ1v) is 8.94. The summed E-state index contributed by atoms with van der Waals surface area (Å²) in [5, 5.41) is 9.84. The van der Waals surface area contributed by atoms with E-state index in [9.17, 15) is 0 Å². The van der Waals surface area contributed by atoms with Gasteiger partial charge in [0.15, 0.2) is 5.76 Å². The Balaban J connectivity index is 1.76. The summed E-state index contributed by atoms with van der Waals surface area (Å²) < 4.78 is 6.01. The second-order valence-corrected chi connectivity index (χ2v) is 6.59. The molecule has 0 amide bonds. The van der Waals surface area contributed by atoms with Crippen LogP contribution >= 0.6 is 23.2 Å². The van der Waals surface area contributed by atoms with Crippen LogP contribution in [0.2, 0.25) is 10.0 Å². The van der Waals surface area contributed by atoms with Crippen molar-refractivity contribution in [2.75, 3.05) is 0 Å². The monoisotopic (exact) mass is 393 g/mol. The third kappa shape index (κ3) is 4.08. The third-order valence-electron chi connectivity index (χ3n) is 3.82. The number of nitrogens with zero attached hydrogens (tertiary/aromatic N) is 3. The Morgan fingerprint density at radius 3 is 1.96 bits per heavy atom.